The van der Waals surface area contributed by atoms with Crippen LogP contribution in [-0.2, 0) is 6.54 Å². The topological polar surface area (TPSA) is 15.3 Å². The summed E-state index contributed by atoms with van der Waals surface area (Å²) in [6.45, 7) is 2.93. The highest BCUT2D eigenvalue weighted by Gasteiger charge is 2.10. The zero-order chi connectivity index (χ0) is 13.8. The fourth-order valence-corrected chi connectivity index (χ4v) is 2.54. The molecule has 0 bridgehead atoms. The molecule has 0 saturated heterocycles. The van der Waals surface area contributed by atoms with Crippen molar-refractivity contribution in [2.24, 2.45) is 0 Å². The molecule has 0 heterocycles. The molecule has 0 radical (unpaired) electrons. The van der Waals surface area contributed by atoms with Gasteiger partial charge < -0.3 is 10.2 Å². The molecule has 0 fully saturated rings. The summed E-state index contributed by atoms with van der Waals surface area (Å²) in [5.41, 5.74) is 4.62. The predicted molar refractivity (Wildman–Crippen MR) is 83.5 cm³/mol. The minimum Gasteiger partial charge on any atom is -0.343 e. The lowest BCUT2D eigenvalue weighted by Crippen LogP contribution is -2.12. The van der Waals surface area contributed by atoms with E-state index in [0.29, 0.717) is 0 Å². The van der Waals surface area contributed by atoms with E-state index >= 15 is 0 Å². The predicted octanol–water partition coefficient (Wildman–Crippen LogP) is 4.14. The highest BCUT2D eigenvalue weighted by Crippen LogP contribution is 2.32. The van der Waals surface area contributed by atoms with Crippen LogP contribution in [0.3, 0.4) is 0 Å². The summed E-state index contributed by atoms with van der Waals surface area (Å²) < 4.78 is 0. The van der Waals surface area contributed by atoms with Gasteiger partial charge in [-0.15, -0.1) is 0 Å². The van der Waals surface area contributed by atoms with Crippen LogP contribution in [0, 0.1) is 6.92 Å². The Bertz CT molecular complexity index is 566. The SMILES string of the molecule is CNCc1ccc(N(C)c2ccccc2C)c(Cl)c1. The standard InChI is InChI=1S/C16H19ClN2/c1-12-6-4-5-7-15(12)19(3)16-9-8-13(11-18-2)10-14(16)17/h4-10,18H,11H2,1-3H3. The van der Waals surface area contributed by atoms with Gasteiger partial charge in [0.05, 0.1) is 10.7 Å². The molecule has 0 atom stereocenters. The average Bonchev–Trinajstić information content (AvgIpc) is 2.39. The van der Waals surface area contributed by atoms with Gasteiger partial charge in [-0.3, -0.25) is 0 Å². The molecule has 3 heteroatoms. The van der Waals surface area contributed by atoms with Crippen LogP contribution in [0.15, 0.2) is 42.5 Å². The van der Waals surface area contributed by atoms with Crippen molar-refractivity contribution in [1.29, 1.82) is 0 Å². The second kappa shape index (κ2) is 6.09. The lowest BCUT2D eigenvalue weighted by Gasteiger charge is -2.23. The van der Waals surface area contributed by atoms with Gasteiger partial charge in [-0.1, -0.05) is 35.9 Å². The van der Waals surface area contributed by atoms with E-state index in [2.05, 4.69) is 41.4 Å². The van der Waals surface area contributed by atoms with Crippen LogP contribution in [0.2, 0.25) is 5.02 Å². The highest BCUT2D eigenvalue weighted by atomic mass is 35.5. The van der Waals surface area contributed by atoms with E-state index in [0.717, 1.165) is 17.3 Å². The first kappa shape index (κ1) is 13.9. The van der Waals surface area contributed by atoms with Gasteiger partial charge in [0.25, 0.3) is 0 Å². The molecule has 0 spiro atoms. The Labute approximate surface area is 120 Å². The van der Waals surface area contributed by atoms with Crippen molar-refractivity contribution in [2.45, 2.75) is 13.5 Å². The molecule has 0 amide bonds. The number of halogens is 1. The number of aryl methyl sites for hydroxylation is 1. The first-order valence-electron chi connectivity index (χ1n) is 6.36. The van der Waals surface area contributed by atoms with E-state index in [1.807, 2.05) is 32.3 Å². The van der Waals surface area contributed by atoms with E-state index in [9.17, 15) is 0 Å². The third-order valence-electron chi connectivity index (χ3n) is 3.23. The Hall–Kier alpha value is -1.51. The number of hydrogen-bond donors (Lipinski definition) is 1. The van der Waals surface area contributed by atoms with Gasteiger partial charge in [0.15, 0.2) is 0 Å². The molecule has 0 saturated carbocycles. The maximum Gasteiger partial charge on any atom is 0.0646 e. The Morgan fingerprint density at radius 1 is 1.11 bits per heavy atom. The van der Waals surface area contributed by atoms with Crippen LogP contribution in [-0.4, -0.2) is 14.1 Å². The lowest BCUT2D eigenvalue weighted by molar-refractivity contribution is 0.818. The fraction of sp³-hybridized carbons (Fsp3) is 0.250. The molecule has 2 rings (SSSR count). The van der Waals surface area contributed by atoms with Gasteiger partial charge in [0, 0.05) is 19.3 Å². The van der Waals surface area contributed by atoms with E-state index in [1.54, 1.807) is 0 Å². The third-order valence-corrected chi connectivity index (χ3v) is 3.53. The lowest BCUT2D eigenvalue weighted by atomic mass is 10.1. The maximum atomic E-state index is 6.39. The average molecular weight is 275 g/mol. The van der Waals surface area contributed by atoms with Gasteiger partial charge >= 0.3 is 0 Å². The van der Waals surface area contributed by atoms with Crippen LogP contribution < -0.4 is 10.2 Å². The van der Waals surface area contributed by atoms with Crippen molar-refractivity contribution >= 4 is 23.0 Å². The Morgan fingerprint density at radius 2 is 1.84 bits per heavy atom. The van der Waals surface area contributed by atoms with Crippen LogP contribution in [0.25, 0.3) is 0 Å². The van der Waals surface area contributed by atoms with Gasteiger partial charge in [-0.05, 0) is 43.3 Å². The third kappa shape index (κ3) is 3.09. The molecule has 0 aliphatic rings. The maximum absolute atomic E-state index is 6.39. The normalized spacial score (nSPS) is 10.5. The van der Waals surface area contributed by atoms with Gasteiger partial charge in [0.2, 0.25) is 0 Å². The molecule has 2 aromatic carbocycles. The summed E-state index contributed by atoms with van der Waals surface area (Å²) in [4.78, 5) is 2.13. The highest BCUT2D eigenvalue weighted by molar-refractivity contribution is 6.33. The fourth-order valence-electron chi connectivity index (χ4n) is 2.21. The monoisotopic (exact) mass is 274 g/mol. The minimum absolute atomic E-state index is 0.776. The quantitative estimate of drug-likeness (QED) is 0.902. The Morgan fingerprint density at radius 3 is 2.47 bits per heavy atom. The zero-order valence-electron chi connectivity index (χ0n) is 11.6. The molecule has 0 aliphatic heterocycles. The molecule has 0 aliphatic carbocycles. The van der Waals surface area contributed by atoms with E-state index in [1.165, 1.54) is 16.8 Å². The molecule has 2 nitrogen and oxygen atoms in total. The number of nitrogens with one attached hydrogen (secondary N) is 1. The molecule has 0 aromatic heterocycles. The Balaban J connectivity index is 2.34. The van der Waals surface area contributed by atoms with Gasteiger partial charge in [-0.25, -0.2) is 0 Å². The van der Waals surface area contributed by atoms with Crippen LogP contribution in [0.5, 0.6) is 0 Å². The molecular weight excluding hydrogens is 256 g/mol. The second-order valence-electron chi connectivity index (χ2n) is 4.66. The smallest absolute Gasteiger partial charge is 0.0646 e. The van der Waals surface area contributed by atoms with Gasteiger partial charge in [0.1, 0.15) is 0 Å². The van der Waals surface area contributed by atoms with E-state index in [-0.39, 0.29) is 0 Å². The number of anilines is 2. The number of hydrogen-bond acceptors (Lipinski definition) is 2. The van der Waals surface area contributed by atoms with Crippen molar-refractivity contribution < 1.29 is 0 Å². The van der Waals surface area contributed by atoms with Crippen molar-refractivity contribution in [1.82, 2.24) is 5.32 Å². The second-order valence-corrected chi connectivity index (χ2v) is 5.07. The van der Waals surface area contributed by atoms with E-state index < -0.39 is 0 Å². The summed E-state index contributed by atoms with van der Waals surface area (Å²) in [5, 5.41) is 3.90. The van der Waals surface area contributed by atoms with Crippen LogP contribution >= 0.6 is 11.6 Å². The summed E-state index contributed by atoms with van der Waals surface area (Å²) in [7, 11) is 3.97. The first-order chi connectivity index (χ1) is 9.13. The number of benzene rings is 2. The molecule has 1 N–H and O–H groups in total. The van der Waals surface area contributed by atoms with Crippen molar-refractivity contribution in [3.8, 4) is 0 Å². The van der Waals surface area contributed by atoms with E-state index in [4.69, 9.17) is 11.6 Å². The molecule has 2 aromatic rings. The van der Waals surface area contributed by atoms with Crippen molar-refractivity contribution in [3.05, 3.63) is 58.6 Å². The van der Waals surface area contributed by atoms with Crippen molar-refractivity contribution in [2.75, 3.05) is 19.0 Å². The summed E-state index contributed by atoms with van der Waals surface area (Å²) in [5.74, 6) is 0. The number of rotatable bonds is 4. The summed E-state index contributed by atoms with van der Waals surface area (Å²) in [6, 6.07) is 14.5. The Kier molecular flexibility index (Phi) is 4.46. The zero-order valence-corrected chi connectivity index (χ0v) is 12.3. The summed E-state index contributed by atoms with van der Waals surface area (Å²) in [6.07, 6.45) is 0. The van der Waals surface area contributed by atoms with Crippen molar-refractivity contribution in [3.63, 3.8) is 0 Å². The number of nitrogens with zero attached hydrogens (tertiary/aromatic N) is 1. The molecule has 100 valence electrons. The van der Waals surface area contributed by atoms with Gasteiger partial charge in [-0.2, -0.15) is 0 Å². The molecular formula is C16H19ClN2. The summed E-state index contributed by atoms with van der Waals surface area (Å²) >= 11 is 6.39. The minimum atomic E-state index is 0.776. The van der Waals surface area contributed by atoms with Crippen LogP contribution in [0.4, 0.5) is 11.4 Å². The molecule has 0 unspecified atom stereocenters. The largest absolute Gasteiger partial charge is 0.343 e. The van der Waals surface area contributed by atoms with Crippen LogP contribution in [0.1, 0.15) is 11.1 Å². The number of para-hydroxylation sites is 1. The molecule has 19 heavy (non-hydrogen) atoms. The first-order valence-corrected chi connectivity index (χ1v) is 6.73.